The molecule has 0 fully saturated rings. The van der Waals surface area contributed by atoms with Crippen molar-refractivity contribution in [2.45, 2.75) is 51.6 Å². The lowest BCUT2D eigenvalue weighted by Crippen LogP contribution is -2.34. The van der Waals surface area contributed by atoms with E-state index in [4.69, 9.17) is 4.74 Å². The van der Waals surface area contributed by atoms with E-state index in [9.17, 15) is 13.9 Å². The predicted octanol–water partition coefficient (Wildman–Crippen LogP) is 5.41. The molecule has 2 aromatic carbocycles. The number of aromatic hydroxyl groups is 1. The maximum Gasteiger partial charge on any atom is 0.165 e. The van der Waals surface area contributed by atoms with Crippen LogP contribution >= 0.6 is 0 Å². The molecule has 134 valence electrons. The van der Waals surface area contributed by atoms with E-state index in [2.05, 4.69) is 6.92 Å². The fourth-order valence-corrected chi connectivity index (χ4v) is 3.62. The van der Waals surface area contributed by atoms with Crippen molar-refractivity contribution in [1.29, 1.82) is 0 Å². The quantitative estimate of drug-likeness (QED) is 0.757. The third-order valence-electron chi connectivity index (χ3n) is 5.02. The molecule has 2 aromatic rings. The molecule has 2 atom stereocenters. The number of aryl methyl sites for hydroxylation is 1. The lowest BCUT2D eigenvalue weighted by Gasteiger charge is -2.34. The van der Waals surface area contributed by atoms with Gasteiger partial charge in [-0.05, 0) is 48.9 Å². The number of ether oxygens (including phenoxy) is 1. The SMILES string of the molecule is CCCC[C@@H]1Cc2cccc(F)c2OC1CCc1cccc(F)c1O. The summed E-state index contributed by atoms with van der Waals surface area (Å²) in [5.41, 5.74) is 1.49. The zero-order chi connectivity index (χ0) is 17.8. The number of unbranched alkanes of at least 4 members (excludes halogenated alkanes) is 1. The Bertz CT molecular complexity index is 730. The van der Waals surface area contributed by atoms with Crippen molar-refractivity contribution in [3.05, 3.63) is 59.2 Å². The molecular formula is C21H24F2O2. The normalized spacial score (nSPS) is 19.3. The van der Waals surface area contributed by atoms with Gasteiger partial charge in [0, 0.05) is 5.92 Å². The highest BCUT2D eigenvalue weighted by Crippen LogP contribution is 2.37. The van der Waals surface area contributed by atoms with Crippen molar-refractivity contribution >= 4 is 0 Å². The summed E-state index contributed by atoms with van der Waals surface area (Å²) < 4.78 is 33.6. The van der Waals surface area contributed by atoms with E-state index in [-0.39, 0.29) is 17.7 Å². The Labute approximate surface area is 147 Å². The number of phenolic OH excluding ortho intramolecular Hbond substituents is 1. The molecule has 4 heteroatoms. The van der Waals surface area contributed by atoms with Gasteiger partial charge < -0.3 is 9.84 Å². The highest BCUT2D eigenvalue weighted by atomic mass is 19.1. The van der Waals surface area contributed by atoms with Crippen LogP contribution < -0.4 is 4.74 Å². The highest BCUT2D eigenvalue weighted by Gasteiger charge is 2.31. The molecule has 0 amide bonds. The van der Waals surface area contributed by atoms with Gasteiger partial charge >= 0.3 is 0 Å². The Morgan fingerprint density at radius 2 is 1.84 bits per heavy atom. The molecule has 1 N–H and O–H groups in total. The van der Waals surface area contributed by atoms with E-state index in [0.29, 0.717) is 30.1 Å². The lowest BCUT2D eigenvalue weighted by molar-refractivity contribution is 0.0923. The van der Waals surface area contributed by atoms with Gasteiger partial charge in [-0.3, -0.25) is 0 Å². The summed E-state index contributed by atoms with van der Waals surface area (Å²) in [5.74, 6) is -0.574. The molecule has 25 heavy (non-hydrogen) atoms. The van der Waals surface area contributed by atoms with Gasteiger partial charge in [0.2, 0.25) is 0 Å². The van der Waals surface area contributed by atoms with Crippen LogP contribution in [-0.4, -0.2) is 11.2 Å². The molecule has 0 saturated heterocycles. The fraction of sp³-hybridized carbons (Fsp3) is 0.429. The average molecular weight is 346 g/mol. The number of rotatable bonds is 6. The van der Waals surface area contributed by atoms with Gasteiger partial charge in [0.05, 0.1) is 0 Å². The lowest BCUT2D eigenvalue weighted by atomic mass is 9.84. The Morgan fingerprint density at radius 3 is 2.64 bits per heavy atom. The molecule has 3 rings (SSSR count). The summed E-state index contributed by atoms with van der Waals surface area (Å²) in [6.07, 6.45) is 5.02. The monoisotopic (exact) mass is 346 g/mol. The third kappa shape index (κ3) is 3.94. The van der Waals surface area contributed by atoms with E-state index >= 15 is 0 Å². The molecule has 1 heterocycles. The fourth-order valence-electron chi connectivity index (χ4n) is 3.62. The van der Waals surface area contributed by atoms with Crippen molar-refractivity contribution < 1.29 is 18.6 Å². The molecule has 0 spiro atoms. The minimum absolute atomic E-state index is 0.126. The van der Waals surface area contributed by atoms with E-state index in [1.54, 1.807) is 18.2 Å². The topological polar surface area (TPSA) is 29.5 Å². The second-order valence-electron chi connectivity index (χ2n) is 6.78. The number of phenols is 1. The van der Waals surface area contributed by atoms with E-state index in [1.165, 1.54) is 12.1 Å². The number of fused-ring (bicyclic) bond motifs is 1. The number of halogens is 2. The Morgan fingerprint density at radius 1 is 1.08 bits per heavy atom. The van der Waals surface area contributed by atoms with Crippen molar-refractivity contribution in [2.24, 2.45) is 5.92 Å². The van der Waals surface area contributed by atoms with Gasteiger partial charge in [-0.25, -0.2) is 8.78 Å². The Kier molecular flexibility index (Phi) is 5.57. The van der Waals surface area contributed by atoms with Crippen molar-refractivity contribution in [2.75, 3.05) is 0 Å². The minimum Gasteiger partial charge on any atom is -0.505 e. The summed E-state index contributed by atoms with van der Waals surface area (Å²) >= 11 is 0. The number of hydrogen-bond acceptors (Lipinski definition) is 2. The van der Waals surface area contributed by atoms with E-state index in [0.717, 1.165) is 31.2 Å². The largest absolute Gasteiger partial charge is 0.505 e. The summed E-state index contributed by atoms with van der Waals surface area (Å²) in [5, 5.41) is 9.86. The maximum absolute atomic E-state index is 14.1. The van der Waals surface area contributed by atoms with E-state index < -0.39 is 5.82 Å². The minimum atomic E-state index is -0.610. The van der Waals surface area contributed by atoms with Gasteiger partial charge in [-0.2, -0.15) is 0 Å². The number of hydrogen-bond donors (Lipinski definition) is 1. The van der Waals surface area contributed by atoms with Crippen LogP contribution in [0.2, 0.25) is 0 Å². The summed E-state index contributed by atoms with van der Waals surface area (Å²) in [7, 11) is 0. The first-order valence-corrected chi connectivity index (χ1v) is 9.00. The molecule has 1 aliphatic rings. The zero-order valence-electron chi connectivity index (χ0n) is 14.5. The summed E-state index contributed by atoms with van der Waals surface area (Å²) in [6.45, 7) is 2.15. The van der Waals surface area contributed by atoms with Crippen LogP contribution in [0.5, 0.6) is 11.5 Å². The van der Waals surface area contributed by atoms with Crippen LogP contribution in [0.4, 0.5) is 8.78 Å². The third-order valence-corrected chi connectivity index (χ3v) is 5.02. The Balaban J connectivity index is 1.77. The molecule has 1 unspecified atom stereocenters. The summed E-state index contributed by atoms with van der Waals surface area (Å²) in [6, 6.07) is 9.62. The zero-order valence-corrected chi connectivity index (χ0v) is 14.5. The molecule has 0 bridgehead atoms. The standard InChI is InChI=1S/C21H24F2O2/c1-2-3-6-15-13-16-8-5-10-18(23)21(16)25-19(15)12-11-14-7-4-9-17(22)20(14)24/h4-5,7-10,15,19,24H,2-3,6,11-13H2,1H3/t15-,19?/m1/s1. The average Bonchev–Trinajstić information content (AvgIpc) is 2.61. The number of para-hydroxylation sites is 2. The molecule has 1 aliphatic heterocycles. The molecule has 0 aromatic heterocycles. The Hall–Kier alpha value is -2.10. The first-order chi connectivity index (χ1) is 12.1. The van der Waals surface area contributed by atoms with Gasteiger partial charge in [0.15, 0.2) is 23.1 Å². The van der Waals surface area contributed by atoms with Gasteiger partial charge in [0.1, 0.15) is 6.10 Å². The number of benzene rings is 2. The molecular weight excluding hydrogens is 322 g/mol. The first kappa shape index (κ1) is 17.7. The van der Waals surface area contributed by atoms with Crippen LogP contribution in [0.25, 0.3) is 0 Å². The summed E-state index contributed by atoms with van der Waals surface area (Å²) in [4.78, 5) is 0. The van der Waals surface area contributed by atoms with Crippen molar-refractivity contribution in [1.82, 2.24) is 0 Å². The van der Waals surface area contributed by atoms with Crippen LogP contribution in [0, 0.1) is 17.6 Å². The first-order valence-electron chi connectivity index (χ1n) is 9.00. The van der Waals surface area contributed by atoms with Crippen LogP contribution in [0.1, 0.15) is 43.7 Å². The van der Waals surface area contributed by atoms with Gasteiger partial charge in [0.25, 0.3) is 0 Å². The second-order valence-corrected chi connectivity index (χ2v) is 6.78. The van der Waals surface area contributed by atoms with Crippen LogP contribution in [0.3, 0.4) is 0 Å². The van der Waals surface area contributed by atoms with Crippen molar-refractivity contribution in [3.63, 3.8) is 0 Å². The van der Waals surface area contributed by atoms with Gasteiger partial charge in [-0.15, -0.1) is 0 Å². The molecule has 2 nitrogen and oxygen atoms in total. The maximum atomic E-state index is 14.1. The smallest absolute Gasteiger partial charge is 0.165 e. The van der Waals surface area contributed by atoms with Crippen molar-refractivity contribution in [3.8, 4) is 11.5 Å². The van der Waals surface area contributed by atoms with Gasteiger partial charge in [-0.1, -0.05) is 44.0 Å². The van der Waals surface area contributed by atoms with E-state index in [1.807, 2.05) is 6.07 Å². The molecule has 0 radical (unpaired) electrons. The molecule has 0 aliphatic carbocycles. The molecule has 0 saturated carbocycles. The van der Waals surface area contributed by atoms with Crippen LogP contribution in [0.15, 0.2) is 36.4 Å². The predicted molar refractivity (Wildman–Crippen MR) is 93.9 cm³/mol. The second kappa shape index (κ2) is 7.85. The highest BCUT2D eigenvalue weighted by molar-refractivity contribution is 5.38. The van der Waals surface area contributed by atoms with Crippen LogP contribution in [-0.2, 0) is 12.8 Å².